The van der Waals surface area contributed by atoms with Crippen LogP contribution in [0.15, 0.2) is 83.8 Å². The fourth-order valence-electron chi connectivity index (χ4n) is 3.44. The van der Waals surface area contributed by atoms with Crippen molar-refractivity contribution >= 4 is 15.9 Å². The van der Waals surface area contributed by atoms with E-state index in [1.165, 1.54) is 0 Å². The summed E-state index contributed by atoms with van der Waals surface area (Å²) >= 11 is 0. The van der Waals surface area contributed by atoms with Crippen LogP contribution in [0.3, 0.4) is 0 Å². The lowest BCUT2D eigenvalue weighted by Gasteiger charge is -2.15. The SMILES string of the molecule is COc1ccc([C@@H](C)NC(=O)CCc2ccc(S(=O)(=O)NCCc3ccccc3)cc2)cc1. The topological polar surface area (TPSA) is 84.5 Å². The van der Waals surface area contributed by atoms with Crippen molar-refractivity contribution in [2.75, 3.05) is 13.7 Å². The van der Waals surface area contributed by atoms with Gasteiger partial charge in [0.25, 0.3) is 0 Å². The maximum Gasteiger partial charge on any atom is 0.240 e. The molecule has 0 unspecified atom stereocenters. The molecule has 0 aromatic heterocycles. The lowest BCUT2D eigenvalue weighted by atomic mass is 10.1. The second kappa shape index (κ2) is 11.6. The Morgan fingerprint density at radius 2 is 1.52 bits per heavy atom. The number of hydrogen-bond acceptors (Lipinski definition) is 4. The number of carbonyl (C=O) groups excluding carboxylic acids is 1. The summed E-state index contributed by atoms with van der Waals surface area (Å²) in [5.41, 5.74) is 2.99. The third-order valence-corrected chi connectivity index (χ3v) is 6.89. The van der Waals surface area contributed by atoms with Crippen LogP contribution < -0.4 is 14.8 Å². The van der Waals surface area contributed by atoms with E-state index in [1.807, 2.05) is 61.5 Å². The molecule has 6 nitrogen and oxygen atoms in total. The average molecular weight is 467 g/mol. The summed E-state index contributed by atoms with van der Waals surface area (Å²) < 4.78 is 32.8. The van der Waals surface area contributed by atoms with Gasteiger partial charge in [-0.15, -0.1) is 0 Å². The van der Waals surface area contributed by atoms with E-state index in [4.69, 9.17) is 4.74 Å². The molecule has 0 fully saturated rings. The lowest BCUT2D eigenvalue weighted by Crippen LogP contribution is -2.27. The van der Waals surface area contributed by atoms with E-state index in [2.05, 4.69) is 10.0 Å². The fourth-order valence-corrected chi connectivity index (χ4v) is 4.47. The first-order chi connectivity index (χ1) is 15.9. The Balaban J connectivity index is 1.46. The van der Waals surface area contributed by atoms with Gasteiger partial charge >= 0.3 is 0 Å². The third kappa shape index (κ3) is 7.44. The maximum absolute atomic E-state index is 12.5. The summed E-state index contributed by atoms with van der Waals surface area (Å²) in [5.74, 6) is 0.715. The normalized spacial score (nSPS) is 12.2. The van der Waals surface area contributed by atoms with E-state index < -0.39 is 10.0 Å². The summed E-state index contributed by atoms with van der Waals surface area (Å²) in [6.45, 7) is 2.27. The number of hydrogen-bond donors (Lipinski definition) is 2. The summed E-state index contributed by atoms with van der Waals surface area (Å²) in [6.07, 6.45) is 1.48. The van der Waals surface area contributed by atoms with Crippen LogP contribution >= 0.6 is 0 Å². The number of methoxy groups -OCH3 is 1. The molecule has 174 valence electrons. The van der Waals surface area contributed by atoms with Crippen molar-refractivity contribution in [1.82, 2.24) is 10.0 Å². The largest absolute Gasteiger partial charge is 0.497 e. The smallest absolute Gasteiger partial charge is 0.240 e. The van der Waals surface area contributed by atoms with Gasteiger partial charge in [-0.05, 0) is 60.7 Å². The first-order valence-electron chi connectivity index (χ1n) is 10.9. The minimum absolute atomic E-state index is 0.0578. The number of ether oxygens (including phenoxy) is 1. The fraction of sp³-hybridized carbons (Fsp3) is 0.269. The zero-order chi connectivity index (χ0) is 23.7. The molecule has 7 heteroatoms. The van der Waals surface area contributed by atoms with Gasteiger partial charge in [-0.1, -0.05) is 54.6 Å². The van der Waals surface area contributed by atoms with Crippen LogP contribution in [0.5, 0.6) is 5.75 Å². The second-order valence-corrected chi connectivity index (χ2v) is 9.61. The van der Waals surface area contributed by atoms with Crippen LogP contribution in [0.25, 0.3) is 0 Å². The standard InChI is InChI=1S/C26H30N2O4S/c1-20(23-11-13-24(32-2)14-12-23)28-26(29)17-10-22-8-15-25(16-9-22)33(30,31)27-19-18-21-6-4-3-5-7-21/h3-9,11-16,20,27H,10,17-19H2,1-2H3,(H,28,29)/t20-/m1/s1. The van der Waals surface area contributed by atoms with Gasteiger partial charge in [0.2, 0.25) is 15.9 Å². The quantitative estimate of drug-likeness (QED) is 0.447. The zero-order valence-electron chi connectivity index (χ0n) is 19.0. The van der Waals surface area contributed by atoms with Gasteiger partial charge in [0.15, 0.2) is 0 Å². The molecule has 0 spiro atoms. The Bertz CT molecular complexity index is 1130. The number of nitrogens with one attached hydrogen (secondary N) is 2. The molecule has 0 saturated carbocycles. The minimum atomic E-state index is -3.57. The number of benzene rings is 3. The molecule has 0 aliphatic rings. The second-order valence-electron chi connectivity index (χ2n) is 7.84. The molecule has 3 aromatic carbocycles. The summed E-state index contributed by atoms with van der Waals surface area (Å²) in [4.78, 5) is 12.6. The van der Waals surface area contributed by atoms with Gasteiger partial charge in [-0.25, -0.2) is 13.1 Å². The monoisotopic (exact) mass is 466 g/mol. The van der Waals surface area contributed by atoms with Gasteiger partial charge in [0.1, 0.15) is 5.75 Å². The molecule has 1 amide bonds. The van der Waals surface area contributed by atoms with E-state index in [0.29, 0.717) is 25.8 Å². The molecule has 0 heterocycles. The molecule has 0 saturated heterocycles. The molecule has 1 atom stereocenters. The highest BCUT2D eigenvalue weighted by Crippen LogP contribution is 2.18. The highest BCUT2D eigenvalue weighted by molar-refractivity contribution is 7.89. The molecule has 33 heavy (non-hydrogen) atoms. The first kappa shape index (κ1) is 24.5. The molecule has 0 aliphatic carbocycles. The Kier molecular flexibility index (Phi) is 8.63. The highest BCUT2D eigenvalue weighted by atomic mass is 32.2. The Labute approximate surface area is 196 Å². The van der Waals surface area contributed by atoms with Gasteiger partial charge in [0, 0.05) is 13.0 Å². The molecule has 3 aromatic rings. The number of sulfonamides is 1. The Morgan fingerprint density at radius 3 is 2.15 bits per heavy atom. The zero-order valence-corrected chi connectivity index (χ0v) is 19.8. The number of rotatable bonds is 11. The average Bonchev–Trinajstić information content (AvgIpc) is 2.83. The van der Waals surface area contributed by atoms with Gasteiger partial charge < -0.3 is 10.1 Å². The van der Waals surface area contributed by atoms with E-state index >= 15 is 0 Å². The van der Waals surface area contributed by atoms with Crippen LogP contribution in [0, 0.1) is 0 Å². The molecule has 0 aliphatic heterocycles. The van der Waals surface area contributed by atoms with Crippen molar-refractivity contribution in [3.05, 3.63) is 95.6 Å². The molecule has 3 rings (SSSR count). The van der Waals surface area contributed by atoms with Gasteiger partial charge in [0.05, 0.1) is 18.0 Å². The molecule has 0 bridgehead atoms. The predicted molar refractivity (Wildman–Crippen MR) is 130 cm³/mol. The number of carbonyl (C=O) groups is 1. The van der Waals surface area contributed by atoms with E-state index in [-0.39, 0.29) is 16.8 Å². The number of amides is 1. The lowest BCUT2D eigenvalue weighted by molar-refractivity contribution is -0.121. The summed E-state index contributed by atoms with van der Waals surface area (Å²) in [5, 5.41) is 2.99. The van der Waals surface area contributed by atoms with Crippen molar-refractivity contribution in [3.63, 3.8) is 0 Å². The van der Waals surface area contributed by atoms with E-state index in [1.54, 1.807) is 31.4 Å². The summed E-state index contributed by atoms with van der Waals surface area (Å²) in [6, 6.07) is 23.9. The maximum atomic E-state index is 12.5. The van der Waals surface area contributed by atoms with Crippen LogP contribution in [-0.4, -0.2) is 28.0 Å². The number of aryl methyl sites for hydroxylation is 1. The Hall–Kier alpha value is -3.16. The van der Waals surface area contributed by atoms with Crippen LogP contribution in [0.4, 0.5) is 0 Å². The predicted octanol–water partition coefficient (Wildman–Crippen LogP) is 4.03. The van der Waals surface area contributed by atoms with Crippen molar-refractivity contribution in [2.45, 2.75) is 37.1 Å². The molecular weight excluding hydrogens is 436 g/mol. The third-order valence-electron chi connectivity index (χ3n) is 5.42. The van der Waals surface area contributed by atoms with Crippen molar-refractivity contribution in [2.24, 2.45) is 0 Å². The minimum Gasteiger partial charge on any atom is -0.497 e. The molecular formula is C26H30N2O4S. The molecule has 0 radical (unpaired) electrons. The van der Waals surface area contributed by atoms with Crippen molar-refractivity contribution < 1.29 is 17.9 Å². The first-order valence-corrected chi connectivity index (χ1v) is 12.4. The van der Waals surface area contributed by atoms with Crippen LogP contribution in [0.1, 0.15) is 36.1 Å². The Morgan fingerprint density at radius 1 is 0.879 bits per heavy atom. The van der Waals surface area contributed by atoms with Crippen LogP contribution in [-0.2, 0) is 27.7 Å². The van der Waals surface area contributed by atoms with Gasteiger partial charge in [-0.3, -0.25) is 4.79 Å². The highest BCUT2D eigenvalue weighted by Gasteiger charge is 2.14. The molecule has 2 N–H and O–H groups in total. The van der Waals surface area contributed by atoms with Crippen molar-refractivity contribution in [1.29, 1.82) is 0 Å². The summed E-state index contributed by atoms with van der Waals surface area (Å²) in [7, 11) is -1.95. The van der Waals surface area contributed by atoms with E-state index in [0.717, 1.165) is 22.4 Å². The van der Waals surface area contributed by atoms with E-state index in [9.17, 15) is 13.2 Å². The van der Waals surface area contributed by atoms with Crippen LogP contribution in [0.2, 0.25) is 0 Å². The van der Waals surface area contributed by atoms with Gasteiger partial charge in [-0.2, -0.15) is 0 Å². The van der Waals surface area contributed by atoms with Crippen molar-refractivity contribution in [3.8, 4) is 5.75 Å².